The van der Waals surface area contributed by atoms with Gasteiger partial charge in [0.1, 0.15) is 35.2 Å². The van der Waals surface area contributed by atoms with Gasteiger partial charge in [0, 0.05) is 16.9 Å². The number of nitrogens with zero attached hydrogens (tertiary/aromatic N) is 6. The predicted octanol–water partition coefficient (Wildman–Crippen LogP) is -0.159. The molecule has 1 unspecified atom stereocenters. The Balaban J connectivity index is 1.45. The second kappa shape index (κ2) is 12.4. The molecule has 0 radical (unpaired) electrons. The van der Waals surface area contributed by atoms with Crippen molar-refractivity contribution in [2.45, 2.75) is 31.4 Å². The van der Waals surface area contributed by atoms with Crippen molar-refractivity contribution in [2.24, 2.45) is 10.3 Å². The molecule has 4 heterocycles. The molecule has 0 aliphatic carbocycles. The molecule has 0 bridgehead atoms. The summed E-state index contributed by atoms with van der Waals surface area (Å²) in [4.78, 5) is 59.7. The highest BCUT2D eigenvalue weighted by atomic mass is 32.2. The zero-order valence-electron chi connectivity index (χ0n) is 20.6. The van der Waals surface area contributed by atoms with E-state index in [4.69, 9.17) is 11.3 Å². The van der Waals surface area contributed by atoms with Crippen LogP contribution in [0.3, 0.4) is 0 Å². The summed E-state index contributed by atoms with van der Waals surface area (Å²) in [7, 11) is 0. The van der Waals surface area contributed by atoms with Gasteiger partial charge in [-0.15, -0.1) is 44.7 Å². The smallest absolute Gasteiger partial charge is 0.352 e. The van der Waals surface area contributed by atoms with Crippen molar-refractivity contribution in [3.8, 4) is 12.3 Å². The van der Waals surface area contributed by atoms with Gasteiger partial charge in [0.05, 0.1) is 6.54 Å². The number of carbonyl (C=O) groups is 4. The summed E-state index contributed by atoms with van der Waals surface area (Å²) in [6.45, 7) is 3.74. The zero-order chi connectivity index (χ0) is 28.1. The van der Waals surface area contributed by atoms with Gasteiger partial charge in [0.15, 0.2) is 10.8 Å². The van der Waals surface area contributed by atoms with Gasteiger partial charge >= 0.3 is 5.97 Å². The monoisotopic (exact) mass is 593 g/mol. The molecule has 0 saturated carbocycles. The summed E-state index contributed by atoms with van der Waals surface area (Å²) in [5, 5.41) is 25.7. The van der Waals surface area contributed by atoms with Crippen LogP contribution in [0.4, 0.5) is 5.13 Å². The number of carboxylic acids is 1. The lowest BCUT2D eigenvalue weighted by Gasteiger charge is -2.49. The largest absolute Gasteiger partial charge is 0.477 e. The third-order valence-corrected chi connectivity index (χ3v) is 8.18. The number of oxime groups is 1. The van der Waals surface area contributed by atoms with E-state index in [-0.39, 0.29) is 34.1 Å². The molecule has 4 N–H and O–H groups in total. The first-order valence-electron chi connectivity index (χ1n) is 11.3. The van der Waals surface area contributed by atoms with E-state index in [9.17, 15) is 24.3 Å². The minimum atomic E-state index is -1.24. The molecule has 39 heavy (non-hydrogen) atoms. The molecule has 4 rings (SSSR count). The number of carboxylic acid groups (broad SMARTS) is 1. The van der Waals surface area contributed by atoms with E-state index in [2.05, 4.69) is 37.3 Å². The third-order valence-electron chi connectivity index (χ3n) is 5.17. The van der Waals surface area contributed by atoms with Crippen LogP contribution >= 0.6 is 35.0 Å². The molecular formula is C21H23N9O6S3. The van der Waals surface area contributed by atoms with E-state index >= 15 is 0 Å². The van der Waals surface area contributed by atoms with E-state index in [0.29, 0.717) is 24.3 Å². The van der Waals surface area contributed by atoms with Crippen LogP contribution in [0, 0.1) is 12.3 Å². The van der Waals surface area contributed by atoms with Crippen LogP contribution in [0.5, 0.6) is 0 Å². The van der Waals surface area contributed by atoms with Gasteiger partial charge in [0.25, 0.3) is 11.8 Å². The molecule has 18 heteroatoms. The van der Waals surface area contributed by atoms with E-state index < -0.39 is 29.2 Å². The quantitative estimate of drug-likeness (QED) is 0.0629. The van der Waals surface area contributed by atoms with Crippen molar-refractivity contribution in [2.75, 3.05) is 23.4 Å². The number of nitrogens with one attached hydrogen (secondary N) is 3. The first-order chi connectivity index (χ1) is 18.7. The molecule has 206 valence electrons. The Morgan fingerprint density at radius 2 is 2.28 bits per heavy atom. The molecule has 3 aliphatic heterocycles. The number of rotatable bonds is 12. The molecule has 1 fully saturated rings. The number of thiazole rings is 1. The summed E-state index contributed by atoms with van der Waals surface area (Å²) >= 11 is 3.62. The number of hydrogen-bond donors (Lipinski definition) is 4. The Labute approximate surface area is 235 Å². The highest BCUT2D eigenvalue weighted by molar-refractivity contribution is 8.00. The van der Waals surface area contributed by atoms with Crippen molar-refractivity contribution >= 4 is 76.4 Å². The zero-order valence-corrected chi connectivity index (χ0v) is 23.0. The number of aliphatic carboxylic acids is 1. The maximum absolute atomic E-state index is 13.1. The lowest BCUT2D eigenvalue weighted by Crippen LogP contribution is -2.71. The number of hydrazine groups is 2. The highest BCUT2D eigenvalue weighted by Gasteiger charge is 2.54. The normalized spacial score (nSPS) is 20.5. The van der Waals surface area contributed by atoms with Crippen molar-refractivity contribution in [3.63, 3.8) is 0 Å². The maximum atomic E-state index is 13.1. The van der Waals surface area contributed by atoms with Crippen molar-refractivity contribution in [1.29, 1.82) is 0 Å². The summed E-state index contributed by atoms with van der Waals surface area (Å²) in [6.07, 6.45) is 6.90. The van der Waals surface area contributed by atoms with Crippen LogP contribution in [0.25, 0.3) is 0 Å². The van der Waals surface area contributed by atoms with Crippen LogP contribution in [-0.4, -0.2) is 96.3 Å². The van der Waals surface area contributed by atoms with Gasteiger partial charge in [-0.25, -0.2) is 9.78 Å². The molecule has 1 aromatic heterocycles. The van der Waals surface area contributed by atoms with Gasteiger partial charge in [-0.05, 0) is 31.4 Å². The van der Waals surface area contributed by atoms with E-state index in [1.807, 2.05) is 0 Å². The molecule has 1 saturated heterocycles. The number of hydrogen-bond acceptors (Lipinski definition) is 14. The van der Waals surface area contributed by atoms with E-state index in [1.54, 1.807) is 18.9 Å². The minimum absolute atomic E-state index is 0.119. The Bertz CT molecular complexity index is 1290. The summed E-state index contributed by atoms with van der Waals surface area (Å²) in [5.41, 5.74) is 3.28. The molecule has 3 aliphatic rings. The van der Waals surface area contributed by atoms with Crippen molar-refractivity contribution in [1.82, 2.24) is 30.3 Å². The Hall–Kier alpha value is -3.79. The Kier molecular flexibility index (Phi) is 8.96. The van der Waals surface area contributed by atoms with Gasteiger partial charge < -0.3 is 20.6 Å². The van der Waals surface area contributed by atoms with Gasteiger partial charge in [-0.3, -0.25) is 24.3 Å². The summed E-state index contributed by atoms with van der Waals surface area (Å²) in [5.74, 6) is 0.509. The van der Waals surface area contributed by atoms with Crippen molar-refractivity contribution in [3.05, 3.63) is 22.3 Å². The predicted molar refractivity (Wildman–Crippen MR) is 146 cm³/mol. The van der Waals surface area contributed by atoms with Crippen LogP contribution in [0.15, 0.2) is 26.9 Å². The second-order valence-electron chi connectivity index (χ2n) is 8.22. The van der Waals surface area contributed by atoms with Gasteiger partial charge in [-0.2, -0.15) is 0 Å². The van der Waals surface area contributed by atoms with E-state index in [0.717, 1.165) is 11.3 Å². The minimum Gasteiger partial charge on any atom is -0.477 e. The molecular weight excluding hydrogens is 570 g/mol. The first kappa shape index (κ1) is 28.2. The van der Waals surface area contributed by atoms with Crippen LogP contribution in [0.2, 0.25) is 0 Å². The number of terminal acetylenes is 1. The average Bonchev–Trinajstić information content (AvgIpc) is 3.55. The third kappa shape index (κ3) is 6.27. The first-order valence-corrected chi connectivity index (χ1v) is 14.1. The number of carbonyl (C=O) groups excluding carboxylic acids is 3. The fourth-order valence-corrected chi connectivity index (χ4v) is 6.43. The van der Waals surface area contributed by atoms with Crippen LogP contribution in [0.1, 0.15) is 19.5 Å². The van der Waals surface area contributed by atoms with Crippen LogP contribution < -0.4 is 16.2 Å². The average molecular weight is 594 g/mol. The molecule has 2 atom stereocenters. The summed E-state index contributed by atoms with van der Waals surface area (Å²) in [6, 6.07) is -0.983. The molecule has 1 aromatic rings. The second-order valence-corrected chi connectivity index (χ2v) is 11.1. The Morgan fingerprint density at radius 3 is 2.97 bits per heavy atom. The fraction of sp³-hybridized carbons (Fsp3) is 0.381. The number of anilines is 1. The number of hydrazone groups is 1. The summed E-state index contributed by atoms with van der Waals surface area (Å²) < 4.78 is 1.44. The fourth-order valence-electron chi connectivity index (χ4n) is 3.51. The van der Waals surface area contributed by atoms with Gasteiger partial charge in [-0.1, -0.05) is 11.1 Å². The molecule has 0 spiro atoms. The number of thioether (sulfide) groups is 1. The molecule has 3 amide bonds. The van der Waals surface area contributed by atoms with E-state index in [1.165, 1.54) is 44.9 Å². The number of fused-ring (bicyclic) bond motifs is 1. The molecule has 0 aromatic carbocycles. The van der Waals surface area contributed by atoms with Crippen molar-refractivity contribution < 1.29 is 29.1 Å². The number of amides is 3. The number of aromatic nitrogens is 1. The highest BCUT2D eigenvalue weighted by Crippen LogP contribution is 2.41. The molecule has 15 nitrogen and oxygen atoms in total. The maximum Gasteiger partial charge on any atom is 0.352 e. The Morgan fingerprint density at radius 1 is 1.49 bits per heavy atom. The SMILES string of the molecule is C#CCN1C=NN(SCC2=C(C(=O)O)N3C(=O)C(NC(=O)C(=NOC(C)C)c4csc(NC=O)n4)[C@@H]3SC2)N1. The standard InChI is InChI=1S/C21H23N9O6S3/c1-4-5-28-9-23-30(27-28)39-7-12-6-37-19-15(18(33)29(19)16(12)20(34)35)25-17(32)14(26-36-11(2)3)13-8-38-21(24-13)22-10-31/h1,8-11,15,19,27H,5-7H2,2-3H3,(H,25,32)(H,34,35)(H,22,24,31)/t15?,19-/m0/s1. The number of β-lactam (4-membered cyclic amide) rings is 1. The van der Waals surface area contributed by atoms with Crippen LogP contribution in [-0.2, 0) is 24.0 Å². The lowest BCUT2D eigenvalue weighted by atomic mass is 10.0. The lowest BCUT2D eigenvalue weighted by molar-refractivity contribution is -0.150. The van der Waals surface area contributed by atoms with Gasteiger partial charge in [0.2, 0.25) is 6.41 Å². The topological polar surface area (TPSA) is 181 Å².